The number of nitrogens with zero attached hydrogens (tertiary/aromatic N) is 3. The highest BCUT2D eigenvalue weighted by atomic mass is 35.5. The van der Waals surface area contributed by atoms with Gasteiger partial charge in [0.05, 0.1) is 29.3 Å². The molecule has 2 aromatic carbocycles. The van der Waals surface area contributed by atoms with Crippen LogP contribution in [-0.4, -0.2) is 27.7 Å². The largest absolute Gasteiger partial charge is 0.439 e. The van der Waals surface area contributed by atoms with Crippen LogP contribution in [0.25, 0.3) is 11.0 Å². The Morgan fingerprint density at radius 3 is 2.55 bits per heavy atom. The van der Waals surface area contributed by atoms with Crippen molar-refractivity contribution in [1.82, 2.24) is 14.5 Å². The molecule has 1 N–H and O–H groups in total. The normalized spacial score (nSPS) is 13.9. The van der Waals surface area contributed by atoms with Gasteiger partial charge in [-0.2, -0.15) is 0 Å². The lowest BCUT2D eigenvalue weighted by Crippen LogP contribution is -2.29. The lowest BCUT2D eigenvalue weighted by atomic mass is 9.98. The predicted molar refractivity (Wildman–Crippen MR) is 131 cm³/mol. The number of ether oxygens (including phenoxy) is 2. The van der Waals surface area contributed by atoms with Gasteiger partial charge in [0.2, 0.25) is 11.8 Å². The minimum Gasteiger partial charge on any atom is -0.439 e. The Labute approximate surface area is 198 Å². The number of hydrogen-bond acceptors (Lipinski definition) is 5. The van der Waals surface area contributed by atoms with E-state index in [1.54, 1.807) is 18.3 Å². The zero-order valence-corrected chi connectivity index (χ0v) is 19.5. The molecule has 4 aromatic rings. The number of nitrogens with one attached hydrogen (secondary N) is 1. The van der Waals surface area contributed by atoms with Gasteiger partial charge in [0.25, 0.3) is 0 Å². The van der Waals surface area contributed by atoms with E-state index < -0.39 is 0 Å². The molecule has 1 saturated heterocycles. The number of benzene rings is 2. The first-order valence-electron chi connectivity index (χ1n) is 11.3. The van der Waals surface area contributed by atoms with E-state index in [2.05, 4.69) is 46.9 Å². The Morgan fingerprint density at radius 2 is 1.88 bits per heavy atom. The minimum absolute atomic E-state index is 0.294. The van der Waals surface area contributed by atoms with E-state index in [1.165, 1.54) is 11.1 Å². The third-order valence-corrected chi connectivity index (χ3v) is 6.02. The van der Waals surface area contributed by atoms with E-state index in [-0.39, 0.29) is 0 Å². The van der Waals surface area contributed by atoms with Crippen LogP contribution in [0.2, 0.25) is 5.02 Å². The summed E-state index contributed by atoms with van der Waals surface area (Å²) in [7, 11) is 0. The highest BCUT2D eigenvalue weighted by Crippen LogP contribution is 2.28. The first-order chi connectivity index (χ1) is 16.0. The first-order valence-corrected chi connectivity index (χ1v) is 11.6. The van der Waals surface area contributed by atoms with Crippen LogP contribution >= 0.6 is 11.6 Å². The summed E-state index contributed by atoms with van der Waals surface area (Å²) in [6.07, 6.45) is 2.63. The van der Waals surface area contributed by atoms with Crippen LogP contribution in [0.3, 0.4) is 0 Å². The first kappa shape index (κ1) is 21.7. The van der Waals surface area contributed by atoms with Gasteiger partial charge in [-0.15, -0.1) is 0 Å². The summed E-state index contributed by atoms with van der Waals surface area (Å²) in [6.45, 7) is 6.79. The zero-order chi connectivity index (χ0) is 22.8. The van der Waals surface area contributed by atoms with Crippen molar-refractivity contribution in [3.63, 3.8) is 0 Å². The highest BCUT2D eigenvalue weighted by molar-refractivity contribution is 6.30. The van der Waals surface area contributed by atoms with Crippen molar-refractivity contribution in [2.75, 3.05) is 18.5 Å². The van der Waals surface area contributed by atoms with Crippen LogP contribution in [0, 0.1) is 5.92 Å². The number of imidazole rings is 1. The number of fused-ring (bicyclic) bond motifs is 1. The van der Waals surface area contributed by atoms with Gasteiger partial charge < -0.3 is 19.4 Å². The zero-order valence-electron chi connectivity index (χ0n) is 18.8. The maximum Gasteiger partial charge on any atom is 0.219 e. The molecule has 33 heavy (non-hydrogen) atoms. The molecule has 170 valence electrons. The van der Waals surface area contributed by atoms with E-state index >= 15 is 0 Å². The quantitative estimate of drug-likeness (QED) is 0.335. The van der Waals surface area contributed by atoms with Gasteiger partial charge in [-0.05, 0) is 61.7 Å². The van der Waals surface area contributed by atoms with E-state index in [0.29, 0.717) is 29.4 Å². The van der Waals surface area contributed by atoms with Crippen LogP contribution < -0.4 is 10.1 Å². The maximum absolute atomic E-state index is 5.88. The van der Waals surface area contributed by atoms with Crippen LogP contribution in [0.15, 0.2) is 60.8 Å². The molecule has 0 aliphatic carbocycles. The Balaban J connectivity index is 1.29. The summed E-state index contributed by atoms with van der Waals surface area (Å²) in [5.74, 6) is 2.76. The summed E-state index contributed by atoms with van der Waals surface area (Å²) >= 11 is 5.88. The standard InChI is InChI=1S/C26H27ClN4O2/c1-17(2)31-24-12-19(11-20-15-32-16-20)5-9-23(24)30-26(31)29-13-18-3-7-22(8-4-18)33-25-10-6-21(27)14-28-25/h3-10,12,14,17,20H,11,13,15-16H2,1-2H3,(H,29,30). The monoisotopic (exact) mass is 462 g/mol. The molecule has 1 aliphatic heterocycles. The molecule has 6 nitrogen and oxygen atoms in total. The molecule has 5 rings (SSSR count). The molecule has 0 amide bonds. The van der Waals surface area contributed by atoms with E-state index in [1.807, 2.05) is 24.3 Å². The Bertz CT molecular complexity index is 1230. The van der Waals surface area contributed by atoms with Crippen LogP contribution in [0.1, 0.15) is 31.0 Å². The molecule has 1 fully saturated rings. The number of aromatic nitrogens is 3. The fourth-order valence-electron chi connectivity index (χ4n) is 4.05. The van der Waals surface area contributed by atoms with Gasteiger partial charge in [0.1, 0.15) is 5.75 Å². The van der Waals surface area contributed by atoms with Crippen molar-refractivity contribution >= 4 is 28.6 Å². The maximum atomic E-state index is 5.88. The molecule has 0 spiro atoms. The molecule has 0 radical (unpaired) electrons. The number of halogens is 1. The van der Waals surface area contributed by atoms with Gasteiger partial charge in [-0.1, -0.05) is 29.8 Å². The van der Waals surface area contributed by atoms with Crippen LogP contribution in [0.5, 0.6) is 11.6 Å². The molecule has 1 aliphatic rings. The summed E-state index contributed by atoms with van der Waals surface area (Å²) in [6, 6.07) is 18.4. The second-order valence-electron chi connectivity index (χ2n) is 8.74. The van der Waals surface area contributed by atoms with Gasteiger partial charge in [0.15, 0.2) is 0 Å². The molecule has 0 atom stereocenters. The topological polar surface area (TPSA) is 61.2 Å². The van der Waals surface area contributed by atoms with Crippen molar-refractivity contribution in [2.45, 2.75) is 32.9 Å². The van der Waals surface area contributed by atoms with E-state index in [4.69, 9.17) is 26.1 Å². The van der Waals surface area contributed by atoms with E-state index in [9.17, 15) is 0 Å². The molecular formula is C26H27ClN4O2. The SMILES string of the molecule is CC(C)n1c(NCc2ccc(Oc3ccc(Cl)cn3)cc2)nc2ccc(CC3COC3)cc21. The van der Waals surface area contributed by atoms with Crippen molar-refractivity contribution in [3.05, 3.63) is 76.9 Å². The molecular weight excluding hydrogens is 436 g/mol. The van der Waals surface area contributed by atoms with Gasteiger partial charge in [0, 0.05) is 30.8 Å². The highest BCUT2D eigenvalue weighted by Gasteiger charge is 2.20. The fourth-order valence-corrected chi connectivity index (χ4v) is 4.16. The van der Waals surface area contributed by atoms with Crippen LogP contribution in [0.4, 0.5) is 5.95 Å². The molecule has 7 heteroatoms. The molecule has 3 heterocycles. The number of hydrogen-bond donors (Lipinski definition) is 1. The van der Waals surface area contributed by atoms with Gasteiger partial charge in [-0.25, -0.2) is 9.97 Å². The number of pyridine rings is 1. The molecule has 2 aromatic heterocycles. The third kappa shape index (κ3) is 4.97. The Hall–Kier alpha value is -3.09. The second-order valence-corrected chi connectivity index (χ2v) is 9.18. The lowest BCUT2D eigenvalue weighted by Gasteiger charge is -2.25. The second kappa shape index (κ2) is 9.41. The van der Waals surface area contributed by atoms with Gasteiger partial charge >= 0.3 is 0 Å². The molecule has 0 bridgehead atoms. The number of anilines is 1. The average Bonchev–Trinajstić information content (AvgIpc) is 3.15. The summed E-state index contributed by atoms with van der Waals surface area (Å²) in [5.41, 5.74) is 4.66. The van der Waals surface area contributed by atoms with Crippen molar-refractivity contribution in [1.29, 1.82) is 0 Å². The Morgan fingerprint density at radius 1 is 1.09 bits per heavy atom. The molecule has 0 saturated carbocycles. The van der Waals surface area contributed by atoms with Crippen molar-refractivity contribution < 1.29 is 9.47 Å². The fraction of sp³-hybridized carbons (Fsp3) is 0.308. The number of rotatable bonds is 8. The summed E-state index contributed by atoms with van der Waals surface area (Å²) in [5, 5.41) is 4.11. The lowest BCUT2D eigenvalue weighted by molar-refractivity contribution is -0.0312. The smallest absolute Gasteiger partial charge is 0.219 e. The van der Waals surface area contributed by atoms with Crippen LogP contribution in [-0.2, 0) is 17.7 Å². The molecule has 0 unspecified atom stereocenters. The average molecular weight is 463 g/mol. The van der Waals surface area contributed by atoms with Crippen molar-refractivity contribution in [2.24, 2.45) is 5.92 Å². The third-order valence-electron chi connectivity index (χ3n) is 5.80. The van der Waals surface area contributed by atoms with E-state index in [0.717, 1.165) is 42.4 Å². The Kier molecular flexibility index (Phi) is 6.20. The predicted octanol–water partition coefficient (Wildman–Crippen LogP) is 6.26. The summed E-state index contributed by atoms with van der Waals surface area (Å²) < 4.78 is 13.4. The van der Waals surface area contributed by atoms with Crippen molar-refractivity contribution in [3.8, 4) is 11.6 Å². The minimum atomic E-state index is 0.294. The van der Waals surface area contributed by atoms with Gasteiger partial charge in [-0.3, -0.25) is 0 Å². The summed E-state index contributed by atoms with van der Waals surface area (Å²) in [4.78, 5) is 9.03.